The molecule has 96 valence electrons. The van der Waals surface area contributed by atoms with Crippen molar-refractivity contribution in [2.75, 3.05) is 0 Å². The molecular formula is C13H12F3NO. The standard InChI is InChI=1S/C13H12F3NO/c1-12(17-8-18)6-2-3-9-4-5-10(7-11(9)12)13(14,15)16/h4-5,7H,2-3,6H2,1H3. The second kappa shape index (κ2) is 4.25. The lowest BCUT2D eigenvalue weighted by molar-refractivity contribution is -0.137. The summed E-state index contributed by atoms with van der Waals surface area (Å²) in [6.45, 7) is 1.68. The third-order valence-corrected chi connectivity index (χ3v) is 3.42. The Hall–Kier alpha value is -1.61. The number of aryl methyl sites for hydroxylation is 1. The van der Waals surface area contributed by atoms with Crippen LogP contribution in [0, 0.1) is 0 Å². The van der Waals surface area contributed by atoms with E-state index in [0.717, 1.165) is 30.5 Å². The highest BCUT2D eigenvalue weighted by Gasteiger charge is 2.36. The molecule has 0 spiro atoms. The summed E-state index contributed by atoms with van der Waals surface area (Å²) in [7, 11) is 0. The number of fused-ring (bicyclic) bond motifs is 1. The zero-order chi connectivity index (χ0) is 13.4. The zero-order valence-electron chi connectivity index (χ0n) is 9.84. The normalized spacial score (nSPS) is 23.1. The Kier molecular flexibility index (Phi) is 3.03. The molecule has 1 unspecified atom stereocenters. The Bertz CT molecular complexity index is 517. The Balaban J connectivity index is 2.58. The minimum absolute atomic E-state index is 0.493. The molecule has 0 heterocycles. The number of nitrogens with zero attached hydrogens (tertiary/aromatic N) is 1. The fourth-order valence-corrected chi connectivity index (χ4v) is 2.45. The number of aliphatic imine (C=N–C) groups is 1. The van der Waals surface area contributed by atoms with Crippen molar-refractivity contribution >= 4 is 6.08 Å². The number of halogens is 3. The predicted molar refractivity (Wildman–Crippen MR) is 59.9 cm³/mol. The van der Waals surface area contributed by atoms with Crippen LogP contribution in [0.4, 0.5) is 13.2 Å². The number of isocyanates is 1. The van der Waals surface area contributed by atoms with Gasteiger partial charge in [-0.25, -0.2) is 4.79 Å². The summed E-state index contributed by atoms with van der Waals surface area (Å²) in [4.78, 5) is 14.2. The van der Waals surface area contributed by atoms with Gasteiger partial charge in [0.1, 0.15) is 0 Å². The molecule has 0 N–H and O–H groups in total. The number of hydrogen-bond acceptors (Lipinski definition) is 2. The van der Waals surface area contributed by atoms with Gasteiger partial charge in [-0.3, -0.25) is 0 Å². The first-order valence-corrected chi connectivity index (χ1v) is 5.66. The Morgan fingerprint density at radius 3 is 2.72 bits per heavy atom. The molecule has 18 heavy (non-hydrogen) atoms. The second-order valence-corrected chi connectivity index (χ2v) is 4.70. The van der Waals surface area contributed by atoms with Gasteiger partial charge in [-0.1, -0.05) is 6.07 Å². The Morgan fingerprint density at radius 2 is 2.11 bits per heavy atom. The van der Waals surface area contributed by atoms with Crippen molar-refractivity contribution in [1.29, 1.82) is 0 Å². The topological polar surface area (TPSA) is 29.4 Å². The number of alkyl halides is 3. The minimum Gasteiger partial charge on any atom is -0.211 e. The fraction of sp³-hybridized carbons (Fsp3) is 0.462. The average molecular weight is 255 g/mol. The molecule has 0 saturated carbocycles. The van der Waals surface area contributed by atoms with Gasteiger partial charge in [0.25, 0.3) is 0 Å². The highest BCUT2D eigenvalue weighted by Crippen LogP contribution is 2.41. The first-order valence-electron chi connectivity index (χ1n) is 5.66. The molecule has 0 aromatic heterocycles. The Labute approximate surface area is 103 Å². The van der Waals surface area contributed by atoms with Crippen LogP contribution in [-0.2, 0) is 22.9 Å². The molecule has 0 radical (unpaired) electrons. The van der Waals surface area contributed by atoms with E-state index in [0.29, 0.717) is 12.0 Å². The summed E-state index contributed by atoms with van der Waals surface area (Å²) in [6.07, 6.45) is -0.815. The van der Waals surface area contributed by atoms with Crippen LogP contribution in [0.15, 0.2) is 23.2 Å². The second-order valence-electron chi connectivity index (χ2n) is 4.70. The van der Waals surface area contributed by atoms with Crippen LogP contribution in [0.3, 0.4) is 0 Å². The van der Waals surface area contributed by atoms with Crippen molar-refractivity contribution < 1.29 is 18.0 Å². The van der Waals surface area contributed by atoms with E-state index < -0.39 is 17.3 Å². The lowest BCUT2D eigenvalue weighted by Crippen LogP contribution is -2.26. The lowest BCUT2D eigenvalue weighted by Gasteiger charge is -2.31. The molecule has 1 aromatic rings. The largest absolute Gasteiger partial charge is 0.416 e. The maximum atomic E-state index is 12.7. The van der Waals surface area contributed by atoms with Gasteiger partial charge in [-0.2, -0.15) is 18.2 Å². The fourth-order valence-electron chi connectivity index (χ4n) is 2.45. The van der Waals surface area contributed by atoms with Crippen LogP contribution in [0.5, 0.6) is 0 Å². The minimum atomic E-state index is -4.38. The van der Waals surface area contributed by atoms with E-state index in [4.69, 9.17) is 0 Å². The number of rotatable bonds is 1. The van der Waals surface area contributed by atoms with Gasteiger partial charge >= 0.3 is 6.18 Å². The van der Waals surface area contributed by atoms with Crippen molar-refractivity contribution in [3.8, 4) is 0 Å². The molecule has 1 aliphatic rings. The maximum Gasteiger partial charge on any atom is 0.416 e. The summed E-state index contributed by atoms with van der Waals surface area (Å²) in [5.41, 5.74) is -0.255. The first-order chi connectivity index (χ1) is 8.37. The van der Waals surface area contributed by atoms with Gasteiger partial charge in [-0.15, -0.1) is 0 Å². The van der Waals surface area contributed by atoms with Crippen molar-refractivity contribution in [3.63, 3.8) is 0 Å². The number of benzene rings is 1. The molecule has 0 saturated heterocycles. The third-order valence-electron chi connectivity index (χ3n) is 3.42. The molecule has 2 rings (SSSR count). The van der Waals surface area contributed by atoms with Gasteiger partial charge in [-0.05, 0) is 49.4 Å². The SMILES string of the molecule is CC1(N=C=O)CCCc2ccc(C(F)(F)F)cc21. The lowest BCUT2D eigenvalue weighted by atomic mass is 9.77. The molecule has 2 nitrogen and oxygen atoms in total. The van der Waals surface area contributed by atoms with E-state index in [1.165, 1.54) is 12.1 Å². The van der Waals surface area contributed by atoms with Gasteiger partial charge in [0.2, 0.25) is 6.08 Å². The molecule has 1 atom stereocenters. The van der Waals surface area contributed by atoms with Crippen molar-refractivity contribution in [2.45, 2.75) is 37.9 Å². The highest BCUT2D eigenvalue weighted by molar-refractivity contribution is 5.44. The van der Waals surface area contributed by atoms with E-state index in [9.17, 15) is 18.0 Å². The van der Waals surface area contributed by atoms with Crippen LogP contribution in [0.2, 0.25) is 0 Å². The molecule has 1 aromatic carbocycles. The quantitative estimate of drug-likeness (QED) is 0.557. The molecule has 0 bridgehead atoms. The third kappa shape index (κ3) is 2.18. The van der Waals surface area contributed by atoms with Crippen LogP contribution in [-0.4, -0.2) is 6.08 Å². The molecule has 0 fully saturated rings. The predicted octanol–water partition coefficient (Wildman–Crippen LogP) is 3.59. The van der Waals surface area contributed by atoms with Crippen LogP contribution < -0.4 is 0 Å². The van der Waals surface area contributed by atoms with Crippen molar-refractivity contribution in [2.24, 2.45) is 4.99 Å². The summed E-state index contributed by atoms with van der Waals surface area (Å²) in [5, 5.41) is 0. The van der Waals surface area contributed by atoms with Crippen molar-refractivity contribution in [3.05, 3.63) is 34.9 Å². The van der Waals surface area contributed by atoms with Crippen molar-refractivity contribution in [1.82, 2.24) is 0 Å². The molecule has 1 aliphatic carbocycles. The van der Waals surface area contributed by atoms with E-state index in [2.05, 4.69) is 4.99 Å². The van der Waals surface area contributed by atoms with Crippen LogP contribution in [0.25, 0.3) is 0 Å². The number of hydrogen-bond donors (Lipinski definition) is 0. The average Bonchev–Trinajstić information content (AvgIpc) is 2.28. The summed E-state index contributed by atoms with van der Waals surface area (Å²) in [6, 6.07) is 3.67. The van der Waals surface area contributed by atoms with E-state index >= 15 is 0 Å². The summed E-state index contributed by atoms with van der Waals surface area (Å²) in [5.74, 6) is 0. The van der Waals surface area contributed by atoms with Gasteiger partial charge in [0, 0.05) is 0 Å². The molecular weight excluding hydrogens is 243 g/mol. The number of carbonyl (C=O) groups excluding carboxylic acids is 1. The molecule has 0 amide bonds. The monoisotopic (exact) mass is 255 g/mol. The maximum absolute atomic E-state index is 12.7. The Morgan fingerprint density at radius 1 is 1.39 bits per heavy atom. The van der Waals surface area contributed by atoms with Crippen LogP contribution >= 0.6 is 0 Å². The zero-order valence-corrected chi connectivity index (χ0v) is 9.84. The summed E-state index contributed by atoms with van der Waals surface area (Å²) < 4.78 is 38.1. The smallest absolute Gasteiger partial charge is 0.211 e. The molecule has 5 heteroatoms. The van der Waals surface area contributed by atoms with E-state index in [1.54, 1.807) is 6.92 Å². The van der Waals surface area contributed by atoms with E-state index in [-0.39, 0.29) is 0 Å². The molecule has 0 aliphatic heterocycles. The van der Waals surface area contributed by atoms with Gasteiger partial charge < -0.3 is 0 Å². The van der Waals surface area contributed by atoms with Gasteiger partial charge in [0.05, 0.1) is 11.1 Å². The van der Waals surface area contributed by atoms with Gasteiger partial charge in [0.15, 0.2) is 0 Å². The highest BCUT2D eigenvalue weighted by atomic mass is 19.4. The van der Waals surface area contributed by atoms with E-state index in [1.807, 2.05) is 0 Å². The summed E-state index contributed by atoms with van der Waals surface area (Å²) >= 11 is 0. The van der Waals surface area contributed by atoms with Crippen LogP contribution in [0.1, 0.15) is 36.5 Å². The first kappa shape index (κ1) is 12.8.